The van der Waals surface area contributed by atoms with Crippen LogP contribution in [-0.4, -0.2) is 23.6 Å². The molecule has 0 aromatic carbocycles. The Morgan fingerprint density at radius 1 is 1.36 bits per heavy atom. The Morgan fingerprint density at radius 3 is 2.29 bits per heavy atom. The van der Waals surface area contributed by atoms with Gasteiger partial charge in [0.05, 0.1) is 6.61 Å². The molecule has 7 heteroatoms. The van der Waals surface area contributed by atoms with Crippen molar-refractivity contribution in [3.05, 3.63) is 10.1 Å². The molecule has 0 radical (unpaired) electrons. The lowest BCUT2D eigenvalue weighted by molar-refractivity contribution is -0.730. The van der Waals surface area contributed by atoms with Crippen molar-refractivity contribution in [2.24, 2.45) is 5.92 Å². The quantitative estimate of drug-likeness (QED) is 0.277. The van der Waals surface area contributed by atoms with Crippen molar-refractivity contribution < 1.29 is 24.3 Å². The summed E-state index contributed by atoms with van der Waals surface area (Å²) in [6.45, 7) is 3.22. The molecule has 0 aliphatic carbocycles. The van der Waals surface area contributed by atoms with E-state index < -0.39 is 22.9 Å². The lowest BCUT2D eigenvalue weighted by atomic mass is 10.1. The van der Waals surface area contributed by atoms with Crippen molar-refractivity contribution in [2.75, 3.05) is 6.61 Å². The Labute approximate surface area is 80.1 Å². The smallest absolute Gasteiger partial charge is 0.318 e. The van der Waals surface area contributed by atoms with Crippen LogP contribution in [0.1, 0.15) is 20.3 Å². The van der Waals surface area contributed by atoms with Crippen LogP contribution in [0, 0.1) is 16.0 Å². The molecule has 0 heterocycles. The van der Waals surface area contributed by atoms with E-state index in [2.05, 4.69) is 9.57 Å². The molecule has 7 nitrogen and oxygen atoms in total. The molecule has 0 spiro atoms. The van der Waals surface area contributed by atoms with Crippen LogP contribution in [0.3, 0.4) is 0 Å². The van der Waals surface area contributed by atoms with Gasteiger partial charge in [-0.05, 0) is 13.3 Å². The summed E-state index contributed by atoms with van der Waals surface area (Å²) in [5.74, 6) is -3.22. The molecule has 80 valence electrons. The number of carbonyl (C=O) groups excluding carboxylic acids is 2. The Kier molecular flexibility index (Phi) is 5.20. The predicted octanol–water partition coefficient (Wildman–Crippen LogP) is 0.311. The fraction of sp³-hybridized carbons (Fsp3) is 0.714. The summed E-state index contributed by atoms with van der Waals surface area (Å²) in [5.41, 5.74) is 0. The van der Waals surface area contributed by atoms with Gasteiger partial charge in [-0.15, -0.1) is 10.1 Å². The first-order chi connectivity index (χ1) is 6.52. The molecule has 14 heavy (non-hydrogen) atoms. The fourth-order valence-corrected chi connectivity index (χ4v) is 0.809. The maximum Gasteiger partial charge on any atom is 0.318 e. The molecule has 1 atom stereocenters. The lowest BCUT2D eigenvalue weighted by Crippen LogP contribution is -2.28. The highest BCUT2D eigenvalue weighted by Gasteiger charge is 2.28. The number of rotatable bonds is 5. The minimum Gasteiger partial charge on any atom is -0.465 e. The van der Waals surface area contributed by atoms with Gasteiger partial charge >= 0.3 is 17.0 Å². The van der Waals surface area contributed by atoms with Gasteiger partial charge in [0.25, 0.3) is 0 Å². The van der Waals surface area contributed by atoms with Gasteiger partial charge in [0, 0.05) is 0 Å². The molecule has 0 aliphatic heterocycles. The summed E-state index contributed by atoms with van der Waals surface area (Å²) < 4.78 is 4.54. The van der Waals surface area contributed by atoms with Gasteiger partial charge in [-0.1, -0.05) is 6.92 Å². The second-order valence-corrected chi connectivity index (χ2v) is 2.35. The average Bonchev–Trinajstić information content (AvgIpc) is 2.04. The molecule has 0 saturated carbocycles. The van der Waals surface area contributed by atoms with Crippen molar-refractivity contribution in [1.29, 1.82) is 0 Å². The van der Waals surface area contributed by atoms with Crippen LogP contribution >= 0.6 is 0 Å². The first-order valence-corrected chi connectivity index (χ1v) is 4.05. The number of esters is 1. The van der Waals surface area contributed by atoms with Gasteiger partial charge < -0.3 is 4.74 Å². The number of hydrogen-bond acceptors (Lipinski definition) is 6. The van der Waals surface area contributed by atoms with Crippen molar-refractivity contribution in [2.45, 2.75) is 20.3 Å². The van der Waals surface area contributed by atoms with Crippen molar-refractivity contribution >= 4 is 11.9 Å². The molecule has 0 bridgehead atoms. The third-order valence-corrected chi connectivity index (χ3v) is 1.43. The monoisotopic (exact) mass is 205 g/mol. The Hall–Kier alpha value is -1.66. The third kappa shape index (κ3) is 3.83. The molecule has 0 aromatic rings. The second-order valence-electron chi connectivity index (χ2n) is 2.35. The first-order valence-electron chi connectivity index (χ1n) is 4.05. The molecular formula is C7H11NO6. The Morgan fingerprint density at radius 2 is 1.93 bits per heavy atom. The van der Waals surface area contributed by atoms with E-state index in [9.17, 15) is 19.7 Å². The van der Waals surface area contributed by atoms with E-state index in [1.165, 1.54) is 6.92 Å². The van der Waals surface area contributed by atoms with E-state index in [0.29, 0.717) is 0 Å². The summed E-state index contributed by atoms with van der Waals surface area (Å²) in [7, 11) is 0. The van der Waals surface area contributed by atoms with Gasteiger partial charge in [0.15, 0.2) is 0 Å². The predicted molar refractivity (Wildman–Crippen MR) is 43.5 cm³/mol. The second kappa shape index (κ2) is 5.90. The molecule has 0 fully saturated rings. The fourth-order valence-electron chi connectivity index (χ4n) is 0.809. The molecule has 0 N–H and O–H groups in total. The summed E-state index contributed by atoms with van der Waals surface area (Å²) >= 11 is 0. The van der Waals surface area contributed by atoms with E-state index in [0.717, 1.165) is 0 Å². The van der Waals surface area contributed by atoms with Crippen molar-refractivity contribution in [3.8, 4) is 0 Å². The number of carbonyl (C=O) groups is 2. The van der Waals surface area contributed by atoms with Gasteiger partial charge in [0.2, 0.25) is 0 Å². The first kappa shape index (κ1) is 12.3. The lowest BCUT2D eigenvalue weighted by Gasteiger charge is -2.09. The molecule has 0 saturated heterocycles. The van der Waals surface area contributed by atoms with Gasteiger partial charge in [-0.2, -0.15) is 0 Å². The normalized spacial score (nSPS) is 11.6. The van der Waals surface area contributed by atoms with E-state index in [1.54, 1.807) is 6.92 Å². The Balaban J connectivity index is 4.32. The van der Waals surface area contributed by atoms with Crippen LogP contribution in [0.5, 0.6) is 0 Å². The minimum atomic E-state index is -1.25. The van der Waals surface area contributed by atoms with Crippen LogP contribution in [0.15, 0.2) is 0 Å². The van der Waals surface area contributed by atoms with E-state index in [-0.39, 0.29) is 13.0 Å². The van der Waals surface area contributed by atoms with Crippen LogP contribution in [0.4, 0.5) is 0 Å². The van der Waals surface area contributed by atoms with Gasteiger partial charge in [-0.25, -0.2) is 4.84 Å². The summed E-state index contributed by atoms with van der Waals surface area (Å²) in [5, 5.41) is 8.58. The molecular weight excluding hydrogens is 194 g/mol. The van der Waals surface area contributed by atoms with Crippen LogP contribution in [0.25, 0.3) is 0 Å². The molecule has 0 amide bonds. The SMILES string of the molecule is CCOC(=O)C(CC)C(=O)O[N+](=O)[O-]. The summed E-state index contributed by atoms with van der Waals surface area (Å²) in [4.78, 5) is 35.5. The Bertz CT molecular complexity index is 238. The van der Waals surface area contributed by atoms with E-state index in [1.807, 2.05) is 0 Å². The maximum absolute atomic E-state index is 11.1. The van der Waals surface area contributed by atoms with Crippen molar-refractivity contribution in [3.63, 3.8) is 0 Å². The largest absolute Gasteiger partial charge is 0.465 e. The van der Waals surface area contributed by atoms with Crippen molar-refractivity contribution in [1.82, 2.24) is 0 Å². The van der Waals surface area contributed by atoms with Crippen LogP contribution in [0.2, 0.25) is 0 Å². The highest BCUT2D eigenvalue weighted by atomic mass is 17.0. The summed E-state index contributed by atoms with van der Waals surface area (Å²) in [6, 6.07) is 0. The zero-order valence-electron chi connectivity index (χ0n) is 7.89. The maximum atomic E-state index is 11.1. The topological polar surface area (TPSA) is 95.7 Å². The highest BCUT2D eigenvalue weighted by molar-refractivity contribution is 5.94. The highest BCUT2D eigenvalue weighted by Crippen LogP contribution is 2.07. The molecule has 1 unspecified atom stereocenters. The van der Waals surface area contributed by atoms with Crippen LogP contribution in [-0.2, 0) is 19.2 Å². The number of nitrogens with zero attached hydrogens (tertiary/aromatic N) is 1. The standard InChI is InChI=1S/C7H11NO6/c1-3-5(6(9)13-4-2)7(10)14-8(11)12/h5H,3-4H2,1-2H3. The summed E-state index contributed by atoms with van der Waals surface area (Å²) in [6.07, 6.45) is 0.103. The molecule has 0 aliphatic rings. The molecule has 0 rings (SSSR count). The van der Waals surface area contributed by atoms with Gasteiger partial charge in [-0.3, -0.25) is 9.59 Å². The van der Waals surface area contributed by atoms with Crippen LogP contribution < -0.4 is 0 Å². The molecule has 0 aromatic heterocycles. The zero-order chi connectivity index (χ0) is 11.1. The van der Waals surface area contributed by atoms with E-state index in [4.69, 9.17) is 0 Å². The number of ether oxygens (including phenoxy) is 1. The van der Waals surface area contributed by atoms with Gasteiger partial charge in [0.1, 0.15) is 5.92 Å². The minimum absolute atomic E-state index is 0.103. The zero-order valence-corrected chi connectivity index (χ0v) is 7.89. The average molecular weight is 205 g/mol. The number of hydrogen-bond donors (Lipinski definition) is 0. The third-order valence-electron chi connectivity index (χ3n) is 1.43. The van der Waals surface area contributed by atoms with E-state index >= 15 is 0 Å².